The summed E-state index contributed by atoms with van der Waals surface area (Å²) in [5, 5.41) is 0. The molecule has 0 amide bonds. The minimum atomic E-state index is -2.86. The first-order valence-electron chi connectivity index (χ1n) is 4.43. The summed E-state index contributed by atoms with van der Waals surface area (Å²) in [7, 11) is 0. The maximum absolute atomic E-state index is 8.56. The van der Waals surface area contributed by atoms with E-state index in [-0.39, 0.29) is 4.70 Å². The summed E-state index contributed by atoms with van der Waals surface area (Å²) in [5.41, 5.74) is 0. The summed E-state index contributed by atoms with van der Waals surface area (Å²) in [4.78, 5) is 0. The Kier molecular flexibility index (Phi) is 25.8. The molecule has 0 aromatic carbocycles. The molecular weight excluding hydrogens is 195 g/mol. The van der Waals surface area contributed by atoms with E-state index < -0.39 is 11.4 Å². The lowest BCUT2D eigenvalue weighted by Crippen LogP contribution is -1.75. The molecule has 3 nitrogen and oxygen atoms in total. The van der Waals surface area contributed by atoms with Crippen LogP contribution in [0, 0.1) is 0 Å². The van der Waals surface area contributed by atoms with E-state index in [1.807, 2.05) is 0 Å². The highest BCUT2D eigenvalue weighted by molar-refractivity contribution is 7.73. The first-order chi connectivity index (χ1) is 5.65. The lowest BCUT2D eigenvalue weighted by atomic mass is 10.1. The van der Waals surface area contributed by atoms with E-state index in [0.29, 0.717) is 0 Å². The van der Waals surface area contributed by atoms with Gasteiger partial charge in [-0.15, -0.1) is 0 Å². The lowest BCUT2D eigenvalue weighted by Gasteiger charge is -1.93. The zero-order valence-electron chi connectivity index (χ0n) is 8.32. The molecule has 0 saturated heterocycles. The van der Waals surface area contributed by atoms with Crippen molar-refractivity contribution < 1.29 is 18.0 Å². The molecule has 0 rings (SSSR count). The van der Waals surface area contributed by atoms with Gasteiger partial charge in [0.15, 0.2) is 0 Å². The van der Waals surface area contributed by atoms with Gasteiger partial charge >= 0.3 is 0 Å². The Morgan fingerprint density at radius 2 is 1.31 bits per heavy atom. The van der Waals surface area contributed by atoms with Crippen LogP contribution < -0.4 is 0 Å². The van der Waals surface area contributed by atoms with Crippen molar-refractivity contribution in [3.05, 3.63) is 0 Å². The lowest BCUT2D eigenvalue weighted by molar-refractivity contribution is 0.436. The Morgan fingerprint density at radius 3 is 1.46 bits per heavy atom. The van der Waals surface area contributed by atoms with Gasteiger partial charge in [0.1, 0.15) is 0 Å². The fourth-order valence-electron chi connectivity index (χ4n) is 0.854. The fourth-order valence-corrected chi connectivity index (χ4v) is 0.854. The molecule has 0 aromatic rings. The number of rotatable bonds is 5. The molecule has 5 heteroatoms. The highest BCUT2D eigenvalue weighted by Crippen LogP contribution is 2.03. The SMILES string of the molecule is CCCCCCCC.F.O=S([O-])O. The van der Waals surface area contributed by atoms with Gasteiger partial charge in [0, 0.05) is 0 Å². The first-order valence-corrected chi connectivity index (χ1v) is 5.46. The average Bonchev–Trinajstić information content (AvgIpc) is 1.97. The summed E-state index contributed by atoms with van der Waals surface area (Å²) in [6, 6.07) is 0. The van der Waals surface area contributed by atoms with Crippen LogP contribution in [0.25, 0.3) is 0 Å². The van der Waals surface area contributed by atoms with Crippen LogP contribution in [0.5, 0.6) is 0 Å². The van der Waals surface area contributed by atoms with E-state index in [0.717, 1.165) is 0 Å². The van der Waals surface area contributed by atoms with E-state index >= 15 is 0 Å². The second-order valence-electron chi connectivity index (χ2n) is 2.63. The van der Waals surface area contributed by atoms with E-state index in [1.165, 1.54) is 38.5 Å². The van der Waals surface area contributed by atoms with Crippen molar-refractivity contribution in [3.8, 4) is 0 Å². The van der Waals surface area contributed by atoms with Crippen molar-refractivity contribution in [2.45, 2.75) is 52.4 Å². The van der Waals surface area contributed by atoms with E-state index in [2.05, 4.69) is 13.8 Å². The van der Waals surface area contributed by atoms with Crippen LogP contribution in [0.3, 0.4) is 0 Å². The van der Waals surface area contributed by atoms with Crippen LogP contribution in [-0.4, -0.2) is 13.3 Å². The van der Waals surface area contributed by atoms with Crippen LogP contribution in [0.1, 0.15) is 52.4 Å². The van der Waals surface area contributed by atoms with Gasteiger partial charge in [-0.1, -0.05) is 52.4 Å². The van der Waals surface area contributed by atoms with E-state index in [4.69, 9.17) is 13.3 Å². The third-order valence-electron chi connectivity index (χ3n) is 1.46. The van der Waals surface area contributed by atoms with Crippen molar-refractivity contribution in [1.82, 2.24) is 0 Å². The second kappa shape index (κ2) is 17.9. The summed E-state index contributed by atoms with van der Waals surface area (Å²) in [6.07, 6.45) is 8.49. The zero-order chi connectivity index (χ0) is 9.82. The van der Waals surface area contributed by atoms with Gasteiger partial charge in [0.2, 0.25) is 0 Å². The smallest absolute Gasteiger partial charge is 0.0814 e. The number of halogens is 1. The molecule has 0 spiro atoms. The van der Waals surface area contributed by atoms with E-state index in [9.17, 15) is 0 Å². The predicted octanol–water partition coefficient (Wildman–Crippen LogP) is 2.86. The summed E-state index contributed by atoms with van der Waals surface area (Å²) in [6.45, 7) is 4.51. The van der Waals surface area contributed by atoms with Gasteiger partial charge in [-0.25, -0.2) is 4.21 Å². The molecule has 0 bridgehead atoms. The van der Waals surface area contributed by atoms with Crippen molar-refractivity contribution in [2.75, 3.05) is 0 Å². The van der Waals surface area contributed by atoms with Crippen molar-refractivity contribution in [3.63, 3.8) is 0 Å². The van der Waals surface area contributed by atoms with Crippen LogP contribution >= 0.6 is 0 Å². The second-order valence-corrected chi connectivity index (χ2v) is 3.07. The molecule has 1 unspecified atom stereocenters. The maximum Gasteiger partial charge on any atom is 0.0814 e. The third kappa shape index (κ3) is 48.0. The van der Waals surface area contributed by atoms with Gasteiger partial charge in [0.05, 0.1) is 11.4 Å². The topological polar surface area (TPSA) is 60.4 Å². The van der Waals surface area contributed by atoms with Crippen molar-refractivity contribution in [1.29, 1.82) is 0 Å². The van der Waals surface area contributed by atoms with Crippen LogP contribution in [-0.2, 0) is 11.4 Å². The molecule has 0 aliphatic heterocycles. The minimum Gasteiger partial charge on any atom is -0.750 e. The molecule has 0 aromatic heterocycles. The third-order valence-corrected chi connectivity index (χ3v) is 1.46. The molecule has 0 fully saturated rings. The highest BCUT2D eigenvalue weighted by Gasteiger charge is 1.83. The molecule has 13 heavy (non-hydrogen) atoms. The van der Waals surface area contributed by atoms with Crippen molar-refractivity contribution >= 4 is 11.4 Å². The summed E-state index contributed by atoms with van der Waals surface area (Å²) < 4.78 is 24.1. The Hall–Kier alpha value is -0.0000000000000000416. The molecule has 0 aliphatic rings. The zero-order valence-corrected chi connectivity index (χ0v) is 9.14. The summed E-state index contributed by atoms with van der Waals surface area (Å²) in [5.74, 6) is 0. The van der Waals surface area contributed by atoms with Crippen LogP contribution in [0.2, 0.25) is 0 Å². The quantitative estimate of drug-likeness (QED) is 0.566. The van der Waals surface area contributed by atoms with Gasteiger partial charge in [-0.3, -0.25) is 4.70 Å². The monoisotopic (exact) mass is 215 g/mol. The van der Waals surface area contributed by atoms with Gasteiger partial charge < -0.3 is 9.11 Å². The standard InChI is InChI=1S/C8H18.FH.H2O3S/c1-3-5-7-8-6-4-2;;1-4(2)3/h3-8H2,1-2H3;1H;(H2,1,2,3)/p-1. The molecule has 0 heterocycles. The van der Waals surface area contributed by atoms with Crippen LogP contribution in [0.15, 0.2) is 0 Å². The largest absolute Gasteiger partial charge is 0.750 e. The molecule has 1 N–H and O–H groups in total. The number of hydrogen-bond donors (Lipinski definition) is 1. The van der Waals surface area contributed by atoms with Crippen LogP contribution in [0.4, 0.5) is 4.70 Å². The molecule has 0 radical (unpaired) electrons. The molecular formula is C8H20FO3S-. The number of hydrogen-bond acceptors (Lipinski definition) is 2. The van der Waals surface area contributed by atoms with Crippen molar-refractivity contribution in [2.24, 2.45) is 0 Å². The first kappa shape index (κ1) is 18.7. The molecule has 0 saturated carbocycles. The Balaban J connectivity index is -0.000000173. The normalized spacial score (nSPS) is 10.8. The Labute approximate surface area is 82.4 Å². The molecule has 84 valence electrons. The molecule has 1 atom stereocenters. The average molecular weight is 215 g/mol. The Bertz CT molecular complexity index is 91.4. The highest BCUT2D eigenvalue weighted by atomic mass is 32.2. The Morgan fingerprint density at radius 1 is 1.08 bits per heavy atom. The molecule has 0 aliphatic carbocycles. The minimum absolute atomic E-state index is 0. The van der Waals surface area contributed by atoms with E-state index in [1.54, 1.807) is 0 Å². The van der Waals surface area contributed by atoms with Gasteiger partial charge in [-0.2, -0.15) is 0 Å². The number of unbranched alkanes of at least 4 members (excludes halogenated alkanes) is 5. The summed E-state index contributed by atoms with van der Waals surface area (Å²) >= 11 is -2.86. The fraction of sp³-hybridized carbons (Fsp3) is 1.00. The van der Waals surface area contributed by atoms with Gasteiger partial charge in [0.25, 0.3) is 0 Å². The van der Waals surface area contributed by atoms with Gasteiger partial charge in [-0.05, 0) is 0 Å². The predicted molar refractivity (Wildman–Crippen MR) is 53.1 cm³/mol. The maximum atomic E-state index is 8.56.